The van der Waals surface area contributed by atoms with Crippen LogP contribution in [0.1, 0.15) is 0 Å². The van der Waals surface area contributed by atoms with E-state index in [0.29, 0.717) is 17.5 Å². The molecule has 1 aromatic rings. The third kappa shape index (κ3) is 3.80. The SMILES string of the molecule is N#COc1ccc(N(CCCl)CCCl)cc1. The van der Waals surface area contributed by atoms with Gasteiger partial charge >= 0.3 is 0 Å². The first kappa shape index (κ1) is 13.0. The average Bonchev–Trinajstić information content (AvgIpc) is 2.30. The minimum atomic E-state index is 0.531. The first-order valence-electron chi connectivity index (χ1n) is 4.84. The smallest absolute Gasteiger partial charge is 0.292 e. The van der Waals surface area contributed by atoms with Crippen molar-refractivity contribution in [2.24, 2.45) is 0 Å². The summed E-state index contributed by atoms with van der Waals surface area (Å²) < 4.78 is 4.70. The van der Waals surface area contributed by atoms with E-state index in [0.717, 1.165) is 18.8 Å². The van der Waals surface area contributed by atoms with Crippen molar-refractivity contribution in [3.05, 3.63) is 24.3 Å². The summed E-state index contributed by atoms with van der Waals surface area (Å²) in [6.45, 7) is 1.49. The van der Waals surface area contributed by atoms with E-state index in [4.69, 9.17) is 33.2 Å². The maximum Gasteiger partial charge on any atom is 0.292 e. The zero-order chi connectivity index (χ0) is 11.8. The van der Waals surface area contributed by atoms with Crippen LogP contribution in [0.4, 0.5) is 5.69 Å². The van der Waals surface area contributed by atoms with Crippen molar-refractivity contribution >= 4 is 28.9 Å². The minimum absolute atomic E-state index is 0.531. The van der Waals surface area contributed by atoms with Crippen molar-refractivity contribution in [3.63, 3.8) is 0 Å². The summed E-state index contributed by atoms with van der Waals surface area (Å²) in [5.74, 6) is 1.63. The van der Waals surface area contributed by atoms with Gasteiger partial charge in [0.1, 0.15) is 5.75 Å². The van der Waals surface area contributed by atoms with Crippen molar-refractivity contribution in [2.75, 3.05) is 29.7 Å². The van der Waals surface area contributed by atoms with Gasteiger partial charge in [-0.2, -0.15) is 0 Å². The summed E-state index contributed by atoms with van der Waals surface area (Å²) in [6, 6.07) is 7.25. The molecule has 0 heterocycles. The van der Waals surface area contributed by atoms with Crippen LogP contribution in [-0.2, 0) is 0 Å². The Balaban J connectivity index is 2.73. The van der Waals surface area contributed by atoms with E-state index in [1.807, 2.05) is 12.1 Å². The molecule has 3 nitrogen and oxygen atoms in total. The van der Waals surface area contributed by atoms with Gasteiger partial charge < -0.3 is 9.64 Å². The van der Waals surface area contributed by atoms with Gasteiger partial charge in [0, 0.05) is 30.5 Å². The maximum absolute atomic E-state index is 8.35. The first-order valence-corrected chi connectivity index (χ1v) is 5.91. The molecule has 0 N–H and O–H groups in total. The molecule has 0 bridgehead atoms. The van der Waals surface area contributed by atoms with Crippen LogP contribution in [0.3, 0.4) is 0 Å². The summed E-state index contributed by atoms with van der Waals surface area (Å²) in [6.07, 6.45) is 1.63. The van der Waals surface area contributed by atoms with Gasteiger partial charge in [-0.15, -0.1) is 28.5 Å². The Hall–Kier alpha value is -1.11. The molecule has 0 fully saturated rings. The number of ether oxygens (including phenoxy) is 1. The number of hydrogen-bond donors (Lipinski definition) is 0. The van der Waals surface area contributed by atoms with Crippen molar-refractivity contribution < 1.29 is 4.74 Å². The van der Waals surface area contributed by atoms with Gasteiger partial charge in [0.05, 0.1) is 0 Å². The molecule has 5 heteroatoms. The summed E-state index contributed by atoms with van der Waals surface area (Å²) in [7, 11) is 0. The molecule has 1 aromatic carbocycles. The lowest BCUT2D eigenvalue weighted by Gasteiger charge is -2.22. The van der Waals surface area contributed by atoms with E-state index in [2.05, 4.69) is 4.90 Å². The number of halogens is 2. The van der Waals surface area contributed by atoms with E-state index in [1.54, 1.807) is 18.4 Å². The van der Waals surface area contributed by atoms with Crippen LogP contribution in [0.25, 0.3) is 0 Å². The quantitative estimate of drug-likeness (QED) is 0.582. The van der Waals surface area contributed by atoms with Gasteiger partial charge in [-0.3, -0.25) is 0 Å². The van der Waals surface area contributed by atoms with E-state index in [-0.39, 0.29) is 0 Å². The third-order valence-electron chi connectivity index (χ3n) is 2.07. The molecule has 0 unspecified atom stereocenters. The second-order valence-corrected chi connectivity index (χ2v) is 3.81. The Morgan fingerprint density at radius 1 is 1.12 bits per heavy atom. The molecular weight excluding hydrogens is 247 g/mol. The third-order valence-corrected chi connectivity index (χ3v) is 2.41. The van der Waals surface area contributed by atoms with Crippen molar-refractivity contribution in [1.29, 1.82) is 5.26 Å². The molecule has 86 valence electrons. The molecule has 0 spiro atoms. The lowest BCUT2D eigenvalue weighted by Crippen LogP contribution is -2.27. The van der Waals surface area contributed by atoms with Crippen molar-refractivity contribution in [3.8, 4) is 12.0 Å². The van der Waals surface area contributed by atoms with E-state index < -0.39 is 0 Å². The van der Waals surface area contributed by atoms with Gasteiger partial charge in [0.2, 0.25) is 0 Å². The normalized spacial score (nSPS) is 9.56. The molecule has 0 aliphatic heterocycles. The van der Waals surface area contributed by atoms with Crippen molar-refractivity contribution in [1.82, 2.24) is 0 Å². The zero-order valence-electron chi connectivity index (χ0n) is 8.70. The fraction of sp³-hybridized carbons (Fsp3) is 0.364. The highest BCUT2D eigenvalue weighted by Gasteiger charge is 2.05. The summed E-state index contributed by atoms with van der Waals surface area (Å²) in [5, 5.41) is 8.35. The summed E-state index contributed by atoms with van der Waals surface area (Å²) in [4.78, 5) is 2.08. The lowest BCUT2D eigenvalue weighted by atomic mass is 10.2. The molecular formula is C11H12Cl2N2O. The van der Waals surface area contributed by atoms with Crippen LogP contribution >= 0.6 is 23.2 Å². The average molecular weight is 259 g/mol. The number of rotatable bonds is 6. The number of anilines is 1. The molecule has 0 aliphatic rings. The molecule has 0 radical (unpaired) electrons. The van der Waals surface area contributed by atoms with Crippen LogP contribution in [0.2, 0.25) is 0 Å². The predicted octanol–water partition coefficient (Wildman–Crippen LogP) is 2.83. The van der Waals surface area contributed by atoms with Gasteiger partial charge in [0.15, 0.2) is 0 Å². The maximum atomic E-state index is 8.35. The lowest BCUT2D eigenvalue weighted by molar-refractivity contribution is 0.507. The van der Waals surface area contributed by atoms with Gasteiger partial charge in [-0.25, -0.2) is 0 Å². The zero-order valence-corrected chi connectivity index (χ0v) is 10.2. The van der Waals surface area contributed by atoms with Gasteiger partial charge in [-0.05, 0) is 24.3 Å². The second kappa shape index (κ2) is 7.21. The Morgan fingerprint density at radius 2 is 1.69 bits per heavy atom. The molecule has 1 rings (SSSR count). The number of nitrogens with zero attached hydrogens (tertiary/aromatic N) is 2. The van der Waals surface area contributed by atoms with E-state index in [1.165, 1.54) is 0 Å². The van der Waals surface area contributed by atoms with E-state index in [9.17, 15) is 0 Å². The first-order chi connectivity index (χ1) is 7.81. The molecule has 0 aliphatic carbocycles. The fourth-order valence-corrected chi connectivity index (χ4v) is 1.76. The Bertz CT molecular complexity index is 342. The van der Waals surface area contributed by atoms with Crippen molar-refractivity contribution in [2.45, 2.75) is 0 Å². The van der Waals surface area contributed by atoms with Crippen LogP contribution < -0.4 is 9.64 Å². The standard InChI is InChI=1S/C11H12Cl2N2O/c12-5-7-15(8-6-13)10-1-3-11(4-2-10)16-9-14/h1-4H,5-8H2. The monoisotopic (exact) mass is 258 g/mol. The van der Waals surface area contributed by atoms with E-state index >= 15 is 0 Å². The molecule has 0 saturated carbocycles. The minimum Gasteiger partial charge on any atom is -0.388 e. The molecule has 0 atom stereocenters. The molecule has 0 saturated heterocycles. The van der Waals surface area contributed by atoms with Gasteiger partial charge in [0.25, 0.3) is 6.26 Å². The van der Waals surface area contributed by atoms with Crippen LogP contribution in [0.15, 0.2) is 24.3 Å². The predicted molar refractivity (Wildman–Crippen MR) is 66.3 cm³/mol. The highest BCUT2D eigenvalue weighted by molar-refractivity contribution is 6.18. The molecule has 16 heavy (non-hydrogen) atoms. The Kier molecular flexibility index (Phi) is 5.84. The number of alkyl halides is 2. The number of nitriles is 1. The van der Waals surface area contributed by atoms with Gasteiger partial charge in [-0.1, -0.05) is 0 Å². The highest BCUT2D eigenvalue weighted by atomic mass is 35.5. The topological polar surface area (TPSA) is 36.3 Å². The largest absolute Gasteiger partial charge is 0.388 e. The number of benzene rings is 1. The molecule has 0 amide bonds. The van der Waals surface area contributed by atoms with Crippen LogP contribution in [0, 0.1) is 11.5 Å². The summed E-state index contributed by atoms with van der Waals surface area (Å²) >= 11 is 11.4. The summed E-state index contributed by atoms with van der Waals surface area (Å²) in [5.41, 5.74) is 1.02. The van der Waals surface area contributed by atoms with Crippen LogP contribution in [0.5, 0.6) is 5.75 Å². The highest BCUT2D eigenvalue weighted by Crippen LogP contribution is 2.19. The Morgan fingerprint density at radius 3 is 2.12 bits per heavy atom. The number of hydrogen-bond acceptors (Lipinski definition) is 3. The molecule has 0 aromatic heterocycles. The fourth-order valence-electron chi connectivity index (χ4n) is 1.35. The second-order valence-electron chi connectivity index (χ2n) is 3.05. The van der Waals surface area contributed by atoms with Crippen LogP contribution in [-0.4, -0.2) is 24.8 Å². The Labute approximate surface area is 105 Å².